The molecule has 0 unspecified atom stereocenters. The van der Waals surface area contributed by atoms with Gasteiger partial charge in [0.05, 0.1) is 32.4 Å². The molecule has 0 saturated heterocycles. The summed E-state index contributed by atoms with van der Waals surface area (Å²) in [6, 6.07) is 5.74. The SMILES string of the molecule is [B]C([B])(C1CCC(F)(F)CC1)n1cc(-c2cccnc2)c2ncc(-c3c(C)noc3C)cc21. The van der Waals surface area contributed by atoms with Crippen molar-refractivity contribution in [2.45, 2.75) is 50.8 Å². The molecule has 0 aliphatic heterocycles. The summed E-state index contributed by atoms with van der Waals surface area (Å²) in [4.78, 5) is 8.97. The molecule has 1 fully saturated rings. The van der Waals surface area contributed by atoms with Gasteiger partial charge in [0.25, 0.3) is 0 Å². The number of hydrogen-bond donors (Lipinski definition) is 0. The Kier molecular flexibility index (Phi) is 5.18. The number of alkyl halides is 2. The number of pyridine rings is 2. The van der Waals surface area contributed by atoms with Gasteiger partial charge in [-0.15, -0.1) is 0 Å². The minimum Gasteiger partial charge on any atom is -0.361 e. The molecule has 5 rings (SSSR count). The molecule has 1 aliphatic rings. The van der Waals surface area contributed by atoms with E-state index in [1.807, 2.05) is 38.2 Å². The van der Waals surface area contributed by atoms with Crippen LogP contribution in [0.3, 0.4) is 0 Å². The Labute approximate surface area is 193 Å². The average molecular weight is 442 g/mol. The summed E-state index contributed by atoms with van der Waals surface area (Å²) in [5.41, 5.74) is 5.54. The van der Waals surface area contributed by atoms with Crippen LogP contribution < -0.4 is 0 Å². The first-order valence-electron chi connectivity index (χ1n) is 11.0. The quantitative estimate of drug-likeness (QED) is 0.411. The first-order chi connectivity index (χ1) is 15.7. The van der Waals surface area contributed by atoms with Gasteiger partial charge in [-0.25, -0.2) is 8.78 Å². The number of aromatic nitrogens is 4. The van der Waals surface area contributed by atoms with E-state index in [4.69, 9.17) is 25.2 Å². The highest BCUT2D eigenvalue weighted by molar-refractivity contribution is 6.38. The summed E-state index contributed by atoms with van der Waals surface area (Å²) in [6.45, 7) is 3.71. The van der Waals surface area contributed by atoms with Gasteiger partial charge in [-0.1, -0.05) is 11.2 Å². The van der Waals surface area contributed by atoms with Crippen molar-refractivity contribution < 1.29 is 13.3 Å². The van der Waals surface area contributed by atoms with Crippen LogP contribution in [0.4, 0.5) is 8.78 Å². The number of fused-ring (bicyclic) bond motifs is 1. The maximum Gasteiger partial charge on any atom is 0.248 e. The van der Waals surface area contributed by atoms with Gasteiger partial charge in [0.2, 0.25) is 5.92 Å². The molecule has 1 aliphatic carbocycles. The summed E-state index contributed by atoms with van der Waals surface area (Å²) < 4.78 is 34.7. The van der Waals surface area contributed by atoms with Crippen molar-refractivity contribution in [1.82, 2.24) is 19.7 Å². The summed E-state index contributed by atoms with van der Waals surface area (Å²) >= 11 is 0. The average Bonchev–Trinajstić information content (AvgIpc) is 3.33. The lowest BCUT2D eigenvalue weighted by atomic mass is 9.52. The third-order valence-electron chi connectivity index (χ3n) is 6.72. The second kappa shape index (κ2) is 7.82. The number of rotatable bonds is 4. The Balaban J connectivity index is 1.69. The van der Waals surface area contributed by atoms with E-state index >= 15 is 0 Å². The first kappa shape index (κ1) is 21.9. The van der Waals surface area contributed by atoms with Gasteiger partial charge in [-0.05, 0) is 50.1 Å². The molecule has 1 saturated carbocycles. The fourth-order valence-corrected chi connectivity index (χ4v) is 4.89. The number of aryl methyl sites for hydroxylation is 2. The summed E-state index contributed by atoms with van der Waals surface area (Å²) in [5.74, 6) is -2.29. The lowest BCUT2D eigenvalue weighted by Crippen LogP contribution is -2.45. The molecule has 0 spiro atoms. The van der Waals surface area contributed by atoms with Crippen LogP contribution in [-0.4, -0.2) is 41.3 Å². The first-order valence-corrected chi connectivity index (χ1v) is 11.0. The van der Waals surface area contributed by atoms with Crippen LogP contribution >= 0.6 is 0 Å². The molecule has 0 aromatic carbocycles. The number of nitrogens with zero attached hydrogens (tertiary/aromatic N) is 4. The van der Waals surface area contributed by atoms with Gasteiger partial charge in [0, 0.05) is 59.9 Å². The maximum atomic E-state index is 13.8. The van der Waals surface area contributed by atoms with Crippen LogP contribution in [0.15, 0.2) is 47.5 Å². The highest BCUT2D eigenvalue weighted by Gasteiger charge is 2.41. The zero-order valence-electron chi connectivity index (χ0n) is 18.6. The van der Waals surface area contributed by atoms with E-state index in [0.29, 0.717) is 16.8 Å². The predicted molar refractivity (Wildman–Crippen MR) is 124 cm³/mol. The molecular weight excluding hydrogens is 420 g/mol. The fourth-order valence-electron chi connectivity index (χ4n) is 4.89. The van der Waals surface area contributed by atoms with E-state index in [9.17, 15) is 8.78 Å². The Bertz CT molecular complexity index is 1290. The highest BCUT2D eigenvalue weighted by Crippen LogP contribution is 2.43. The molecule has 0 amide bonds. The topological polar surface area (TPSA) is 56.7 Å². The number of halogens is 2. The molecule has 0 N–H and O–H groups in total. The van der Waals surface area contributed by atoms with Crippen molar-refractivity contribution in [3.63, 3.8) is 0 Å². The van der Waals surface area contributed by atoms with Gasteiger partial charge in [0.1, 0.15) is 5.76 Å². The van der Waals surface area contributed by atoms with Crippen LogP contribution in [0.2, 0.25) is 0 Å². The standard InChI is InChI=1S/C24H22B2F2N4O/c1-14-21(15(2)33-31-14)17-10-20-22(30-12-17)19(16-4-3-9-29-11-16)13-32(20)24(25,26)18-5-7-23(27,28)8-6-18/h3-4,9-13,18H,5-8H2,1-2H3. The Morgan fingerprint density at radius 2 is 1.91 bits per heavy atom. The smallest absolute Gasteiger partial charge is 0.248 e. The highest BCUT2D eigenvalue weighted by atomic mass is 19.3. The normalized spacial score (nSPS) is 17.0. The van der Waals surface area contributed by atoms with Crippen molar-refractivity contribution in [3.05, 3.63) is 54.4 Å². The molecule has 0 atom stereocenters. The molecule has 4 radical (unpaired) electrons. The molecule has 4 heterocycles. The Morgan fingerprint density at radius 3 is 2.55 bits per heavy atom. The second-order valence-corrected chi connectivity index (χ2v) is 8.96. The zero-order chi connectivity index (χ0) is 23.4. The van der Waals surface area contributed by atoms with Crippen LogP contribution in [0.1, 0.15) is 37.1 Å². The van der Waals surface area contributed by atoms with Crippen LogP contribution in [0.5, 0.6) is 0 Å². The van der Waals surface area contributed by atoms with Crippen molar-refractivity contribution in [3.8, 4) is 22.3 Å². The lowest BCUT2D eigenvalue weighted by molar-refractivity contribution is -0.0498. The van der Waals surface area contributed by atoms with E-state index < -0.39 is 11.3 Å². The molecule has 4 aromatic heterocycles. The van der Waals surface area contributed by atoms with Crippen LogP contribution in [-0.2, 0) is 5.34 Å². The summed E-state index contributed by atoms with van der Waals surface area (Å²) in [6.07, 6.45) is 7.14. The van der Waals surface area contributed by atoms with Crippen molar-refractivity contribution in [2.75, 3.05) is 0 Å². The molecule has 4 aromatic rings. The van der Waals surface area contributed by atoms with Crippen molar-refractivity contribution in [2.24, 2.45) is 5.92 Å². The monoisotopic (exact) mass is 442 g/mol. The molecule has 5 nitrogen and oxygen atoms in total. The van der Waals surface area contributed by atoms with E-state index in [2.05, 4.69) is 10.1 Å². The number of hydrogen-bond acceptors (Lipinski definition) is 4. The molecule has 164 valence electrons. The second-order valence-electron chi connectivity index (χ2n) is 8.96. The summed E-state index contributed by atoms with van der Waals surface area (Å²) in [5, 5.41) is 2.68. The lowest BCUT2D eigenvalue weighted by Gasteiger charge is -2.42. The summed E-state index contributed by atoms with van der Waals surface area (Å²) in [7, 11) is 13.4. The molecule has 0 bridgehead atoms. The van der Waals surface area contributed by atoms with Crippen molar-refractivity contribution in [1.29, 1.82) is 0 Å². The fraction of sp³-hybridized carbons (Fsp3) is 0.375. The molecule has 9 heteroatoms. The van der Waals surface area contributed by atoms with Gasteiger partial charge in [-0.3, -0.25) is 9.97 Å². The molecule has 33 heavy (non-hydrogen) atoms. The largest absolute Gasteiger partial charge is 0.361 e. The van der Waals surface area contributed by atoms with E-state index in [-0.39, 0.29) is 31.6 Å². The van der Waals surface area contributed by atoms with Gasteiger partial charge < -0.3 is 9.09 Å². The van der Waals surface area contributed by atoms with E-state index in [0.717, 1.165) is 27.9 Å². The third-order valence-corrected chi connectivity index (χ3v) is 6.72. The van der Waals surface area contributed by atoms with Crippen LogP contribution in [0, 0.1) is 19.8 Å². The minimum atomic E-state index is -2.66. The molecular formula is C24H22B2F2N4O. The zero-order valence-corrected chi connectivity index (χ0v) is 18.6. The predicted octanol–water partition coefficient (Wildman–Crippen LogP) is 5.14. The van der Waals surface area contributed by atoms with E-state index in [1.165, 1.54) is 0 Å². The Morgan fingerprint density at radius 1 is 1.15 bits per heavy atom. The maximum absolute atomic E-state index is 13.8. The van der Waals surface area contributed by atoms with Gasteiger partial charge in [0.15, 0.2) is 0 Å². The third kappa shape index (κ3) is 3.77. The van der Waals surface area contributed by atoms with Crippen LogP contribution in [0.25, 0.3) is 33.3 Å². The minimum absolute atomic E-state index is 0.217. The van der Waals surface area contributed by atoms with Gasteiger partial charge in [-0.2, -0.15) is 0 Å². The van der Waals surface area contributed by atoms with E-state index in [1.54, 1.807) is 23.2 Å². The Hall–Kier alpha value is -2.96. The van der Waals surface area contributed by atoms with Gasteiger partial charge >= 0.3 is 0 Å². The van der Waals surface area contributed by atoms with Crippen molar-refractivity contribution >= 4 is 26.7 Å².